The third kappa shape index (κ3) is 3.02. The van der Waals surface area contributed by atoms with E-state index in [1.54, 1.807) is 0 Å². The molecular weight excluding hydrogens is 224 g/mol. The number of nitrogens with zero attached hydrogens (tertiary/aromatic N) is 1. The molecule has 0 aliphatic heterocycles. The van der Waals surface area contributed by atoms with Crippen LogP contribution in [0.2, 0.25) is 0 Å². The van der Waals surface area contributed by atoms with Gasteiger partial charge in [-0.3, -0.25) is 14.9 Å². The van der Waals surface area contributed by atoms with Gasteiger partial charge in [0.05, 0.1) is 4.92 Å². The normalized spacial score (nSPS) is 9.60. The highest BCUT2D eigenvalue weighted by molar-refractivity contribution is 7.17. The van der Waals surface area contributed by atoms with E-state index < -0.39 is 23.4 Å². The van der Waals surface area contributed by atoms with Crippen molar-refractivity contribution in [3.63, 3.8) is 0 Å². The molecule has 0 fully saturated rings. The summed E-state index contributed by atoms with van der Waals surface area (Å²) in [6, 6.07) is 2.44. The molecule has 2 N–H and O–H groups in total. The zero-order valence-electron chi connectivity index (χ0n) is 7.34. The van der Waals surface area contributed by atoms with Gasteiger partial charge in [0.25, 0.3) is 5.91 Å². The van der Waals surface area contributed by atoms with Gasteiger partial charge in [-0.15, -0.1) is 0 Å². The van der Waals surface area contributed by atoms with Crippen molar-refractivity contribution in [2.75, 3.05) is 6.61 Å². The van der Waals surface area contributed by atoms with Crippen molar-refractivity contribution < 1.29 is 19.2 Å². The van der Waals surface area contributed by atoms with E-state index >= 15 is 0 Å². The minimum Gasteiger partial charge on any atom is -0.451 e. The molecule has 8 heteroatoms. The van der Waals surface area contributed by atoms with Crippen molar-refractivity contribution in [3.05, 3.63) is 27.1 Å². The van der Waals surface area contributed by atoms with Gasteiger partial charge < -0.3 is 10.5 Å². The van der Waals surface area contributed by atoms with E-state index in [1.165, 1.54) is 12.1 Å². The first kappa shape index (κ1) is 11.1. The number of carbonyl (C=O) groups excluding carboxylic acids is 2. The standard InChI is InChI=1S/C7H6N2O5S/c8-5(10)3-14-7(11)4-1-2-6(15-4)9(12)13/h1-2H,3H2,(H2,8,10). The molecule has 1 amide bonds. The molecule has 80 valence electrons. The van der Waals surface area contributed by atoms with Crippen LogP contribution in [0.5, 0.6) is 0 Å². The SMILES string of the molecule is NC(=O)COC(=O)c1ccc([N+](=O)[O-])s1. The fraction of sp³-hybridized carbons (Fsp3) is 0.143. The van der Waals surface area contributed by atoms with Crippen LogP contribution in [0.25, 0.3) is 0 Å². The molecular formula is C7H6N2O5S. The van der Waals surface area contributed by atoms with Gasteiger partial charge in [0.2, 0.25) is 0 Å². The van der Waals surface area contributed by atoms with E-state index in [4.69, 9.17) is 5.73 Å². The minimum atomic E-state index is -0.799. The number of hydrogen-bond acceptors (Lipinski definition) is 6. The van der Waals surface area contributed by atoms with Crippen molar-refractivity contribution in [2.45, 2.75) is 0 Å². The highest BCUT2D eigenvalue weighted by atomic mass is 32.1. The molecule has 0 radical (unpaired) electrons. The van der Waals surface area contributed by atoms with Crippen molar-refractivity contribution in [2.24, 2.45) is 5.73 Å². The molecule has 1 heterocycles. The predicted octanol–water partition coefficient (Wildman–Crippen LogP) is 0.298. The largest absolute Gasteiger partial charge is 0.451 e. The Hall–Kier alpha value is -1.96. The molecule has 7 nitrogen and oxygen atoms in total. The highest BCUT2D eigenvalue weighted by Crippen LogP contribution is 2.24. The third-order valence-electron chi connectivity index (χ3n) is 1.32. The fourth-order valence-electron chi connectivity index (χ4n) is 0.743. The van der Waals surface area contributed by atoms with Crippen LogP contribution in [0.4, 0.5) is 5.00 Å². The maximum atomic E-state index is 11.1. The van der Waals surface area contributed by atoms with Gasteiger partial charge in [-0.25, -0.2) is 4.79 Å². The summed E-state index contributed by atoms with van der Waals surface area (Å²) >= 11 is 0.675. The molecule has 0 spiro atoms. The zero-order chi connectivity index (χ0) is 11.4. The molecule has 0 atom stereocenters. The average Bonchev–Trinajstić information content (AvgIpc) is 2.62. The Morgan fingerprint density at radius 3 is 2.67 bits per heavy atom. The lowest BCUT2D eigenvalue weighted by Gasteiger charge is -1.97. The lowest BCUT2D eigenvalue weighted by atomic mass is 10.5. The van der Waals surface area contributed by atoms with Crippen molar-refractivity contribution in [1.29, 1.82) is 0 Å². The first-order chi connectivity index (χ1) is 7.00. The maximum absolute atomic E-state index is 11.1. The van der Waals surface area contributed by atoms with Crippen LogP contribution in [-0.2, 0) is 9.53 Å². The number of hydrogen-bond donors (Lipinski definition) is 1. The Bertz CT molecular complexity index is 413. The summed E-state index contributed by atoms with van der Waals surface area (Å²) < 4.78 is 4.46. The van der Waals surface area contributed by atoms with Gasteiger partial charge in [0, 0.05) is 6.07 Å². The fourth-order valence-corrected chi connectivity index (χ4v) is 1.46. The smallest absolute Gasteiger partial charge is 0.349 e. The van der Waals surface area contributed by atoms with Crippen LogP contribution in [0.15, 0.2) is 12.1 Å². The molecule has 0 aromatic carbocycles. The molecule has 15 heavy (non-hydrogen) atoms. The molecule has 1 aromatic rings. The molecule has 0 bridgehead atoms. The number of nitro groups is 1. The Kier molecular flexibility index (Phi) is 3.34. The number of ether oxygens (including phenoxy) is 1. The molecule has 0 aliphatic carbocycles. The second-order valence-corrected chi connectivity index (χ2v) is 3.50. The monoisotopic (exact) mass is 230 g/mol. The molecule has 1 aromatic heterocycles. The van der Waals surface area contributed by atoms with Crippen LogP contribution >= 0.6 is 11.3 Å². The molecule has 1 rings (SSSR count). The average molecular weight is 230 g/mol. The molecule has 0 unspecified atom stereocenters. The Labute approximate surface area is 87.6 Å². The first-order valence-corrected chi connectivity index (χ1v) is 4.52. The maximum Gasteiger partial charge on any atom is 0.349 e. The summed E-state index contributed by atoms with van der Waals surface area (Å²) in [7, 11) is 0. The number of carbonyl (C=O) groups is 2. The Balaban J connectivity index is 2.66. The Morgan fingerprint density at radius 1 is 1.53 bits per heavy atom. The zero-order valence-corrected chi connectivity index (χ0v) is 8.15. The number of amides is 1. The van der Waals surface area contributed by atoms with Crippen LogP contribution in [0, 0.1) is 10.1 Å². The number of thiophene rings is 1. The quantitative estimate of drug-likeness (QED) is 0.454. The van der Waals surface area contributed by atoms with E-state index in [1.807, 2.05) is 0 Å². The van der Waals surface area contributed by atoms with E-state index in [0.29, 0.717) is 11.3 Å². The van der Waals surface area contributed by atoms with Crippen LogP contribution in [-0.4, -0.2) is 23.4 Å². The van der Waals surface area contributed by atoms with Crippen LogP contribution in [0.1, 0.15) is 9.67 Å². The lowest BCUT2D eigenvalue weighted by molar-refractivity contribution is -0.380. The van der Waals surface area contributed by atoms with Crippen LogP contribution < -0.4 is 5.73 Å². The van der Waals surface area contributed by atoms with Gasteiger partial charge >= 0.3 is 11.0 Å². The predicted molar refractivity (Wildman–Crippen MR) is 50.5 cm³/mol. The van der Waals surface area contributed by atoms with E-state index in [2.05, 4.69) is 4.74 Å². The van der Waals surface area contributed by atoms with Gasteiger partial charge in [0.15, 0.2) is 6.61 Å². The summed E-state index contributed by atoms with van der Waals surface area (Å²) in [6.45, 7) is -0.537. The van der Waals surface area contributed by atoms with E-state index in [-0.39, 0.29) is 9.88 Å². The van der Waals surface area contributed by atoms with E-state index in [9.17, 15) is 19.7 Å². The topological polar surface area (TPSA) is 113 Å². The van der Waals surface area contributed by atoms with Gasteiger partial charge in [-0.2, -0.15) is 0 Å². The number of nitrogens with two attached hydrogens (primary N) is 1. The first-order valence-electron chi connectivity index (χ1n) is 3.70. The van der Waals surface area contributed by atoms with Gasteiger partial charge in [0.1, 0.15) is 4.88 Å². The summed E-state index contributed by atoms with van der Waals surface area (Å²) in [4.78, 5) is 31.2. The van der Waals surface area contributed by atoms with Gasteiger partial charge in [-0.1, -0.05) is 11.3 Å². The van der Waals surface area contributed by atoms with E-state index in [0.717, 1.165) is 0 Å². The highest BCUT2D eigenvalue weighted by Gasteiger charge is 2.16. The summed E-state index contributed by atoms with van der Waals surface area (Å²) in [5.41, 5.74) is 4.75. The summed E-state index contributed by atoms with van der Waals surface area (Å²) in [6.07, 6.45) is 0. The summed E-state index contributed by atoms with van der Waals surface area (Å²) in [5, 5.41) is 10.1. The lowest BCUT2D eigenvalue weighted by Crippen LogP contribution is -2.20. The molecule has 0 saturated heterocycles. The molecule has 0 aliphatic rings. The number of primary amides is 1. The number of rotatable bonds is 4. The minimum absolute atomic E-state index is 0.0583. The van der Waals surface area contributed by atoms with Gasteiger partial charge in [-0.05, 0) is 6.07 Å². The Morgan fingerprint density at radius 2 is 2.20 bits per heavy atom. The third-order valence-corrected chi connectivity index (χ3v) is 2.34. The summed E-state index contributed by atoms with van der Waals surface area (Å²) in [5.74, 6) is -1.58. The molecule has 0 saturated carbocycles. The second-order valence-electron chi connectivity index (χ2n) is 2.44. The van der Waals surface area contributed by atoms with Crippen molar-refractivity contribution >= 4 is 28.2 Å². The van der Waals surface area contributed by atoms with Crippen molar-refractivity contribution in [1.82, 2.24) is 0 Å². The number of esters is 1. The second kappa shape index (κ2) is 4.51. The van der Waals surface area contributed by atoms with Crippen LogP contribution in [0.3, 0.4) is 0 Å². The van der Waals surface area contributed by atoms with Crippen molar-refractivity contribution in [3.8, 4) is 0 Å².